The first-order valence-electron chi connectivity index (χ1n) is 8.59. The quantitative estimate of drug-likeness (QED) is 0.873. The lowest BCUT2D eigenvalue weighted by molar-refractivity contribution is -0.126. The normalized spacial score (nSPS) is 15.9. The predicted molar refractivity (Wildman–Crippen MR) is 97.7 cm³/mol. The standard InChI is InChI=1S/C20H22ClFN2O/c21-18-5-1-4-16(11-18)14-24-9-7-17(8-10-24)20(25)23-13-15-3-2-6-19(22)12-15/h1-6,11-12,17H,7-10,13-14H2,(H,23,25). The Morgan fingerprint density at radius 1 is 1.12 bits per heavy atom. The Kier molecular flexibility index (Phi) is 6.05. The smallest absolute Gasteiger partial charge is 0.223 e. The Balaban J connectivity index is 1.44. The van der Waals surface area contributed by atoms with Gasteiger partial charge in [-0.2, -0.15) is 0 Å². The van der Waals surface area contributed by atoms with Crippen molar-refractivity contribution in [1.82, 2.24) is 10.2 Å². The van der Waals surface area contributed by atoms with E-state index in [2.05, 4.69) is 16.3 Å². The molecule has 2 aromatic carbocycles. The van der Waals surface area contributed by atoms with Crippen molar-refractivity contribution in [2.45, 2.75) is 25.9 Å². The number of hydrogen-bond donors (Lipinski definition) is 1. The highest BCUT2D eigenvalue weighted by atomic mass is 35.5. The van der Waals surface area contributed by atoms with Crippen LogP contribution in [0.1, 0.15) is 24.0 Å². The minimum absolute atomic E-state index is 0.0316. The lowest BCUT2D eigenvalue weighted by atomic mass is 9.95. The first-order chi connectivity index (χ1) is 12.1. The van der Waals surface area contributed by atoms with Gasteiger partial charge in [0.15, 0.2) is 0 Å². The molecule has 25 heavy (non-hydrogen) atoms. The Hall–Kier alpha value is -1.91. The Morgan fingerprint density at radius 2 is 1.84 bits per heavy atom. The van der Waals surface area contributed by atoms with Crippen molar-refractivity contribution in [1.29, 1.82) is 0 Å². The predicted octanol–water partition coefficient (Wildman–Crippen LogP) is 4.01. The van der Waals surface area contributed by atoms with Gasteiger partial charge in [0.25, 0.3) is 0 Å². The van der Waals surface area contributed by atoms with Crippen molar-refractivity contribution >= 4 is 17.5 Å². The zero-order valence-electron chi connectivity index (χ0n) is 14.1. The van der Waals surface area contributed by atoms with E-state index in [1.165, 1.54) is 17.7 Å². The number of carbonyl (C=O) groups is 1. The zero-order valence-corrected chi connectivity index (χ0v) is 14.8. The van der Waals surface area contributed by atoms with Crippen LogP contribution in [0.5, 0.6) is 0 Å². The van der Waals surface area contributed by atoms with E-state index < -0.39 is 0 Å². The van der Waals surface area contributed by atoms with Gasteiger partial charge in [0, 0.05) is 24.0 Å². The largest absolute Gasteiger partial charge is 0.352 e. The molecule has 1 N–H and O–H groups in total. The molecule has 0 radical (unpaired) electrons. The molecule has 1 aliphatic rings. The molecule has 3 rings (SSSR count). The Bertz CT molecular complexity index is 729. The Morgan fingerprint density at radius 3 is 2.56 bits per heavy atom. The number of nitrogens with zero attached hydrogens (tertiary/aromatic N) is 1. The maximum absolute atomic E-state index is 13.2. The van der Waals surface area contributed by atoms with E-state index in [4.69, 9.17) is 11.6 Å². The van der Waals surface area contributed by atoms with E-state index in [-0.39, 0.29) is 17.6 Å². The van der Waals surface area contributed by atoms with Crippen molar-refractivity contribution in [3.8, 4) is 0 Å². The molecule has 2 aromatic rings. The lowest BCUT2D eigenvalue weighted by Gasteiger charge is -2.31. The van der Waals surface area contributed by atoms with Crippen LogP contribution >= 0.6 is 11.6 Å². The van der Waals surface area contributed by atoms with Gasteiger partial charge < -0.3 is 5.32 Å². The van der Waals surface area contributed by atoms with Crippen LogP contribution in [-0.4, -0.2) is 23.9 Å². The van der Waals surface area contributed by atoms with E-state index in [1.807, 2.05) is 24.3 Å². The number of amides is 1. The summed E-state index contributed by atoms with van der Waals surface area (Å²) in [5.41, 5.74) is 1.98. The molecule has 0 bridgehead atoms. The van der Waals surface area contributed by atoms with Gasteiger partial charge in [-0.25, -0.2) is 4.39 Å². The first-order valence-corrected chi connectivity index (χ1v) is 8.97. The molecule has 1 heterocycles. The number of carbonyl (C=O) groups excluding carboxylic acids is 1. The minimum atomic E-state index is -0.277. The average molecular weight is 361 g/mol. The second kappa shape index (κ2) is 8.45. The summed E-state index contributed by atoms with van der Waals surface area (Å²) in [5.74, 6) is -0.183. The number of rotatable bonds is 5. The van der Waals surface area contributed by atoms with Crippen molar-refractivity contribution in [2.24, 2.45) is 5.92 Å². The fourth-order valence-corrected chi connectivity index (χ4v) is 3.44. The van der Waals surface area contributed by atoms with Gasteiger partial charge in [-0.05, 0) is 61.3 Å². The maximum atomic E-state index is 13.2. The molecule has 1 aliphatic heterocycles. The molecule has 5 heteroatoms. The van der Waals surface area contributed by atoms with Crippen LogP contribution in [0.3, 0.4) is 0 Å². The molecule has 0 aromatic heterocycles. The SMILES string of the molecule is O=C(NCc1cccc(F)c1)C1CCN(Cc2cccc(Cl)c2)CC1. The molecule has 1 saturated heterocycles. The molecule has 0 unspecified atom stereocenters. The summed E-state index contributed by atoms with van der Waals surface area (Å²) < 4.78 is 13.2. The molecule has 0 spiro atoms. The van der Waals surface area contributed by atoms with Crippen LogP contribution in [0, 0.1) is 11.7 Å². The van der Waals surface area contributed by atoms with Crippen LogP contribution in [0.2, 0.25) is 5.02 Å². The van der Waals surface area contributed by atoms with Crippen LogP contribution < -0.4 is 5.32 Å². The van der Waals surface area contributed by atoms with E-state index in [1.54, 1.807) is 6.07 Å². The highest BCUT2D eigenvalue weighted by Crippen LogP contribution is 2.20. The molecular formula is C20H22ClFN2O. The molecule has 1 fully saturated rings. The van der Waals surface area contributed by atoms with Crippen molar-refractivity contribution in [3.63, 3.8) is 0 Å². The van der Waals surface area contributed by atoms with Gasteiger partial charge in [-0.3, -0.25) is 9.69 Å². The van der Waals surface area contributed by atoms with Crippen LogP contribution in [0.25, 0.3) is 0 Å². The number of nitrogens with one attached hydrogen (secondary N) is 1. The molecule has 0 atom stereocenters. The molecular weight excluding hydrogens is 339 g/mol. The fourth-order valence-electron chi connectivity index (χ4n) is 3.23. The van der Waals surface area contributed by atoms with E-state index >= 15 is 0 Å². The molecule has 0 aliphatic carbocycles. The summed E-state index contributed by atoms with van der Waals surface area (Å²) in [6.45, 7) is 3.02. The van der Waals surface area contributed by atoms with Gasteiger partial charge in [-0.15, -0.1) is 0 Å². The van der Waals surface area contributed by atoms with Crippen LogP contribution in [-0.2, 0) is 17.9 Å². The third kappa shape index (κ3) is 5.28. The van der Waals surface area contributed by atoms with Gasteiger partial charge in [0.2, 0.25) is 5.91 Å². The average Bonchev–Trinajstić information content (AvgIpc) is 2.60. The highest BCUT2D eigenvalue weighted by Gasteiger charge is 2.24. The lowest BCUT2D eigenvalue weighted by Crippen LogP contribution is -2.40. The van der Waals surface area contributed by atoms with Crippen molar-refractivity contribution in [2.75, 3.05) is 13.1 Å². The number of benzene rings is 2. The second-order valence-corrected chi connectivity index (χ2v) is 6.96. The summed E-state index contributed by atoms with van der Waals surface area (Å²) in [4.78, 5) is 14.7. The van der Waals surface area contributed by atoms with E-state index in [0.29, 0.717) is 6.54 Å². The number of likely N-dealkylation sites (tertiary alicyclic amines) is 1. The van der Waals surface area contributed by atoms with Crippen LogP contribution in [0.4, 0.5) is 4.39 Å². The van der Waals surface area contributed by atoms with Gasteiger partial charge in [0.1, 0.15) is 5.82 Å². The topological polar surface area (TPSA) is 32.3 Å². The van der Waals surface area contributed by atoms with E-state index in [0.717, 1.165) is 43.1 Å². The maximum Gasteiger partial charge on any atom is 0.223 e. The molecule has 0 saturated carbocycles. The van der Waals surface area contributed by atoms with E-state index in [9.17, 15) is 9.18 Å². The molecule has 132 valence electrons. The van der Waals surface area contributed by atoms with Gasteiger partial charge in [-0.1, -0.05) is 35.9 Å². The van der Waals surface area contributed by atoms with Crippen molar-refractivity contribution in [3.05, 3.63) is 70.5 Å². The highest BCUT2D eigenvalue weighted by molar-refractivity contribution is 6.30. The van der Waals surface area contributed by atoms with Gasteiger partial charge >= 0.3 is 0 Å². The molecule has 3 nitrogen and oxygen atoms in total. The first kappa shape index (κ1) is 17.9. The summed E-state index contributed by atoms with van der Waals surface area (Å²) in [6, 6.07) is 14.2. The fraction of sp³-hybridized carbons (Fsp3) is 0.350. The summed E-state index contributed by atoms with van der Waals surface area (Å²) in [6.07, 6.45) is 1.69. The summed E-state index contributed by atoms with van der Waals surface area (Å²) >= 11 is 6.03. The zero-order chi connectivity index (χ0) is 17.6. The number of piperidine rings is 1. The molecule has 1 amide bonds. The monoisotopic (exact) mass is 360 g/mol. The number of hydrogen-bond acceptors (Lipinski definition) is 2. The third-order valence-corrected chi connectivity index (χ3v) is 4.84. The van der Waals surface area contributed by atoms with Crippen LogP contribution in [0.15, 0.2) is 48.5 Å². The van der Waals surface area contributed by atoms with Crippen molar-refractivity contribution < 1.29 is 9.18 Å². The summed E-state index contributed by atoms with van der Waals surface area (Å²) in [7, 11) is 0. The second-order valence-electron chi connectivity index (χ2n) is 6.53. The minimum Gasteiger partial charge on any atom is -0.352 e. The summed E-state index contributed by atoms with van der Waals surface area (Å²) in [5, 5.41) is 3.68. The van der Waals surface area contributed by atoms with Gasteiger partial charge in [0.05, 0.1) is 0 Å². The number of halogens is 2. The Labute approximate surface area is 152 Å². The third-order valence-electron chi connectivity index (χ3n) is 4.61.